The molecule has 26 heavy (non-hydrogen) atoms. The fourth-order valence-electron chi connectivity index (χ4n) is 2.12. The van der Waals surface area contributed by atoms with Gasteiger partial charge in [-0.25, -0.2) is 0 Å². The van der Waals surface area contributed by atoms with Crippen LogP contribution >= 0.6 is 39.9 Å². The van der Waals surface area contributed by atoms with Gasteiger partial charge < -0.3 is 4.18 Å². The number of thioether (sulfide) groups is 1. The van der Waals surface area contributed by atoms with Gasteiger partial charge in [-0.3, -0.25) is 9.69 Å². The molecule has 0 unspecified atom stereocenters. The number of nitrogens with zero attached hydrogens (tertiary/aromatic N) is 1. The number of benzene rings is 2. The van der Waals surface area contributed by atoms with E-state index < -0.39 is 10.1 Å². The zero-order valence-corrected chi connectivity index (χ0v) is 17.4. The number of hydrogen-bond donors (Lipinski definition) is 0. The van der Waals surface area contributed by atoms with E-state index in [9.17, 15) is 13.2 Å². The summed E-state index contributed by atoms with van der Waals surface area (Å²) in [5.74, 6) is -0.00264. The van der Waals surface area contributed by atoms with Crippen LogP contribution in [-0.4, -0.2) is 30.6 Å². The van der Waals surface area contributed by atoms with Gasteiger partial charge in [-0.05, 0) is 51.8 Å². The van der Waals surface area contributed by atoms with Crippen molar-refractivity contribution in [3.63, 3.8) is 0 Å². The highest BCUT2D eigenvalue weighted by Gasteiger charge is 2.28. The summed E-state index contributed by atoms with van der Waals surface area (Å²) in [7, 11) is -2.30. The summed E-state index contributed by atoms with van der Waals surface area (Å²) in [6.07, 6.45) is 1.70. The van der Waals surface area contributed by atoms with Gasteiger partial charge in [0, 0.05) is 7.05 Å². The Morgan fingerprint density at radius 2 is 1.88 bits per heavy atom. The lowest BCUT2D eigenvalue weighted by molar-refractivity contribution is -0.121. The smallest absolute Gasteiger partial charge is 0.339 e. The van der Waals surface area contributed by atoms with Gasteiger partial charge in [0.25, 0.3) is 5.91 Å². The van der Waals surface area contributed by atoms with E-state index in [1.165, 1.54) is 34.9 Å². The first kappa shape index (κ1) is 19.1. The van der Waals surface area contributed by atoms with E-state index in [4.69, 9.17) is 16.4 Å². The van der Waals surface area contributed by atoms with E-state index in [0.717, 1.165) is 5.56 Å². The van der Waals surface area contributed by atoms with E-state index in [-0.39, 0.29) is 16.6 Å². The molecular weight excluding hydrogens is 458 g/mol. The van der Waals surface area contributed by atoms with E-state index in [1.54, 1.807) is 43.5 Å². The van der Waals surface area contributed by atoms with Crippen LogP contribution in [0.25, 0.3) is 6.08 Å². The number of likely N-dealkylation sites (N-methyl/N-ethyl adjacent to an activating group) is 1. The van der Waals surface area contributed by atoms with Crippen LogP contribution in [0.3, 0.4) is 0 Å². The van der Waals surface area contributed by atoms with E-state index in [1.807, 2.05) is 0 Å². The van der Waals surface area contributed by atoms with Crippen molar-refractivity contribution in [2.45, 2.75) is 4.90 Å². The largest absolute Gasteiger partial charge is 0.378 e. The topological polar surface area (TPSA) is 63.7 Å². The summed E-state index contributed by atoms with van der Waals surface area (Å²) < 4.78 is 30.8. The fourth-order valence-corrected chi connectivity index (χ4v) is 4.86. The maximum absolute atomic E-state index is 12.3. The molecule has 0 saturated carbocycles. The van der Waals surface area contributed by atoms with Crippen LogP contribution in [-0.2, 0) is 14.9 Å². The lowest BCUT2D eigenvalue weighted by atomic mass is 10.2. The van der Waals surface area contributed by atoms with Gasteiger partial charge in [0.15, 0.2) is 5.75 Å². The summed E-state index contributed by atoms with van der Waals surface area (Å²) in [6, 6.07) is 12.8. The molecule has 0 aliphatic carbocycles. The minimum atomic E-state index is -3.92. The zero-order valence-electron chi connectivity index (χ0n) is 13.4. The normalized spacial score (nSPS) is 16.4. The molecule has 1 aliphatic heterocycles. The quantitative estimate of drug-likeness (QED) is 0.382. The van der Waals surface area contributed by atoms with Gasteiger partial charge in [0.05, 0.1) is 9.38 Å². The highest BCUT2D eigenvalue weighted by Crippen LogP contribution is 2.34. The van der Waals surface area contributed by atoms with E-state index >= 15 is 0 Å². The number of amides is 1. The molecule has 0 aromatic heterocycles. The molecule has 0 spiro atoms. The van der Waals surface area contributed by atoms with Gasteiger partial charge in [0.1, 0.15) is 9.22 Å². The number of carbonyl (C=O) groups is 1. The molecule has 1 fully saturated rings. The summed E-state index contributed by atoms with van der Waals surface area (Å²) >= 11 is 9.63. The van der Waals surface area contributed by atoms with Gasteiger partial charge >= 0.3 is 10.1 Å². The predicted octanol–water partition coefficient (Wildman–Crippen LogP) is 4.05. The summed E-state index contributed by atoms with van der Waals surface area (Å²) in [5, 5.41) is 0. The monoisotopic (exact) mass is 469 g/mol. The standard InChI is InChI=1S/C17H12BrNO4S3/c1-19-16(20)15(25-17(19)24)10-11-7-8-14(13(18)9-11)23-26(21,22)12-5-3-2-4-6-12/h2-10H,1H3. The van der Waals surface area contributed by atoms with Crippen molar-refractivity contribution >= 4 is 66.3 Å². The number of halogens is 1. The molecule has 1 saturated heterocycles. The van der Waals surface area contributed by atoms with Crippen molar-refractivity contribution in [3.8, 4) is 5.75 Å². The molecule has 2 aromatic carbocycles. The van der Waals surface area contributed by atoms with Crippen LogP contribution in [0.1, 0.15) is 5.56 Å². The second-order valence-corrected chi connectivity index (χ2v) is 9.36. The number of rotatable bonds is 4. The average Bonchev–Trinajstić information content (AvgIpc) is 2.85. The third kappa shape index (κ3) is 4.01. The molecule has 0 N–H and O–H groups in total. The summed E-state index contributed by atoms with van der Waals surface area (Å²) in [6.45, 7) is 0. The Morgan fingerprint density at radius 1 is 1.19 bits per heavy atom. The highest BCUT2D eigenvalue weighted by molar-refractivity contribution is 9.10. The van der Waals surface area contributed by atoms with Crippen LogP contribution in [0.15, 0.2) is 62.8 Å². The molecule has 0 radical (unpaired) electrons. The molecule has 0 bridgehead atoms. The lowest BCUT2D eigenvalue weighted by Crippen LogP contribution is -2.22. The lowest BCUT2D eigenvalue weighted by Gasteiger charge is -2.09. The molecule has 3 rings (SSSR count). The minimum Gasteiger partial charge on any atom is -0.378 e. The molecule has 1 heterocycles. The Kier molecular flexibility index (Phi) is 5.52. The third-order valence-corrected chi connectivity index (χ3v) is 6.82. The van der Waals surface area contributed by atoms with E-state index in [2.05, 4.69) is 15.9 Å². The van der Waals surface area contributed by atoms with Gasteiger partial charge in [-0.15, -0.1) is 0 Å². The average molecular weight is 470 g/mol. The molecule has 0 atom stereocenters. The van der Waals surface area contributed by atoms with Crippen LogP contribution < -0.4 is 4.18 Å². The Morgan fingerprint density at radius 3 is 2.46 bits per heavy atom. The Labute approximate surface area is 169 Å². The third-order valence-electron chi connectivity index (χ3n) is 3.47. The Balaban J connectivity index is 1.85. The summed E-state index contributed by atoms with van der Waals surface area (Å²) in [5.41, 5.74) is 0.718. The molecule has 1 amide bonds. The number of thiocarbonyl (C=S) groups is 1. The maximum Gasteiger partial charge on any atom is 0.339 e. The van der Waals surface area contributed by atoms with Crippen molar-refractivity contribution in [2.75, 3.05) is 7.05 Å². The van der Waals surface area contributed by atoms with Crippen LogP contribution in [0, 0.1) is 0 Å². The first-order valence-corrected chi connectivity index (χ1v) is 10.7. The number of carbonyl (C=O) groups excluding carboxylic acids is 1. The van der Waals surface area contributed by atoms with Crippen molar-refractivity contribution < 1.29 is 17.4 Å². The van der Waals surface area contributed by atoms with Crippen molar-refractivity contribution in [3.05, 3.63) is 63.5 Å². The van der Waals surface area contributed by atoms with Crippen LogP contribution in [0.2, 0.25) is 0 Å². The van der Waals surface area contributed by atoms with Crippen molar-refractivity contribution in [1.82, 2.24) is 4.90 Å². The van der Waals surface area contributed by atoms with Crippen molar-refractivity contribution in [1.29, 1.82) is 0 Å². The summed E-state index contributed by atoms with van der Waals surface area (Å²) in [4.78, 5) is 14.0. The Hall–Kier alpha value is -1.68. The van der Waals surface area contributed by atoms with Crippen LogP contribution in [0.5, 0.6) is 5.75 Å². The minimum absolute atomic E-state index is 0.0718. The maximum atomic E-state index is 12.3. The first-order valence-electron chi connectivity index (χ1n) is 7.28. The second-order valence-electron chi connectivity index (χ2n) is 5.28. The van der Waals surface area contributed by atoms with Crippen molar-refractivity contribution in [2.24, 2.45) is 0 Å². The second kappa shape index (κ2) is 7.51. The Bertz CT molecular complexity index is 1020. The fraction of sp³-hybridized carbons (Fsp3) is 0.0588. The van der Waals surface area contributed by atoms with E-state index in [0.29, 0.717) is 13.7 Å². The first-order chi connectivity index (χ1) is 12.3. The van der Waals surface area contributed by atoms with Gasteiger partial charge in [-0.1, -0.05) is 48.2 Å². The molecule has 5 nitrogen and oxygen atoms in total. The van der Waals surface area contributed by atoms with Crippen LogP contribution in [0.4, 0.5) is 0 Å². The highest BCUT2D eigenvalue weighted by atomic mass is 79.9. The molecule has 1 aliphatic rings. The number of hydrogen-bond acceptors (Lipinski definition) is 6. The molecule has 9 heteroatoms. The predicted molar refractivity (Wildman–Crippen MR) is 109 cm³/mol. The zero-order chi connectivity index (χ0) is 18.9. The SMILES string of the molecule is CN1C(=O)C(=Cc2ccc(OS(=O)(=O)c3ccccc3)c(Br)c2)SC1=S. The molecule has 2 aromatic rings. The van der Waals surface area contributed by atoms with Gasteiger partial charge in [-0.2, -0.15) is 8.42 Å². The van der Waals surface area contributed by atoms with Gasteiger partial charge in [0.2, 0.25) is 0 Å². The molecular formula is C17H12BrNO4S3. The molecule has 134 valence electrons.